The summed E-state index contributed by atoms with van der Waals surface area (Å²) < 4.78 is 19.7. The van der Waals surface area contributed by atoms with Crippen molar-refractivity contribution in [2.45, 2.75) is 12.1 Å². The lowest BCUT2D eigenvalue weighted by Gasteiger charge is -2.27. The number of anilines is 2. The Bertz CT molecular complexity index is 1470. The number of para-hydroxylation sites is 1. The first-order valence-corrected chi connectivity index (χ1v) is 11.9. The number of hydrogen-bond donors (Lipinski definition) is 0. The highest BCUT2D eigenvalue weighted by atomic mass is 35.5. The standard InChI is InChI=1S/C27H17Cl2FN2O4/c28-19-11-6-15(14-20(19)29)21-12-13-22(35-21)24-23-25(36-32(24)18-4-2-1-3-5-18)27(34)31(26(23)33)17-9-7-16(30)8-10-17/h1-14,23-25H/t23-,24-,25-/m0/s1. The number of rotatable bonds is 4. The van der Waals surface area contributed by atoms with E-state index in [-0.39, 0.29) is 5.69 Å². The summed E-state index contributed by atoms with van der Waals surface area (Å²) in [5, 5.41) is 2.35. The van der Waals surface area contributed by atoms with E-state index in [1.165, 1.54) is 24.3 Å². The number of carbonyl (C=O) groups is 2. The molecule has 2 saturated heterocycles. The van der Waals surface area contributed by atoms with Gasteiger partial charge in [-0.2, -0.15) is 0 Å². The molecule has 3 atom stereocenters. The number of benzene rings is 3. The minimum atomic E-state index is -1.06. The highest BCUT2D eigenvalue weighted by Crippen LogP contribution is 2.48. The summed E-state index contributed by atoms with van der Waals surface area (Å²) in [6.07, 6.45) is -1.06. The molecule has 6 nitrogen and oxygen atoms in total. The normalized spacial score (nSPS) is 21.4. The Morgan fingerprint density at radius 1 is 0.778 bits per heavy atom. The Kier molecular flexibility index (Phi) is 5.56. The van der Waals surface area contributed by atoms with Crippen LogP contribution in [0.1, 0.15) is 11.8 Å². The molecule has 4 aromatic rings. The first-order chi connectivity index (χ1) is 17.4. The van der Waals surface area contributed by atoms with E-state index in [1.54, 1.807) is 35.4 Å². The Balaban J connectivity index is 1.41. The van der Waals surface area contributed by atoms with Gasteiger partial charge in [0.2, 0.25) is 5.91 Å². The van der Waals surface area contributed by atoms with E-state index in [9.17, 15) is 14.0 Å². The number of furan rings is 1. The monoisotopic (exact) mass is 522 g/mol. The predicted molar refractivity (Wildman–Crippen MR) is 133 cm³/mol. The Hall–Kier alpha value is -3.65. The van der Waals surface area contributed by atoms with Crippen molar-refractivity contribution in [2.24, 2.45) is 5.92 Å². The summed E-state index contributed by atoms with van der Waals surface area (Å²) in [5.41, 5.74) is 1.66. The zero-order chi connectivity index (χ0) is 25.0. The van der Waals surface area contributed by atoms with Crippen LogP contribution in [-0.2, 0) is 14.4 Å². The molecular formula is C27H17Cl2FN2O4. The zero-order valence-electron chi connectivity index (χ0n) is 18.5. The minimum absolute atomic E-state index is 0.283. The molecule has 2 aliphatic rings. The number of nitrogens with zero attached hydrogens (tertiary/aromatic N) is 2. The smallest absolute Gasteiger partial charge is 0.266 e. The molecule has 3 aromatic carbocycles. The van der Waals surface area contributed by atoms with Crippen molar-refractivity contribution in [3.05, 3.63) is 107 Å². The number of carbonyl (C=O) groups excluding carboxylic acids is 2. The summed E-state index contributed by atoms with van der Waals surface area (Å²) >= 11 is 12.2. The maximum atomic E-state index is 13.6. The van der Waals surface area contributed by atoms with Gasteiger partial charge >= 0.3 is 0 Å². The lowest BCUT2D eigenvalue weighted by Crippen LogP contribution is -2.37. The lowest BCUT2D eigenvalue weighted by molar-refractivity contribution is -0.126. The van der Waals surface area contributed by atoms with E-state index in [0.29, 0.717) is 32.8 Å². The molecular weight excluding hydrogens is 506 g/mol. The van der Waals surface area contributed by atoms with Crippen LogP contribution in [0.4, 0.5) is 15.8 Å². The largest absolute Gasteiger partial charge is 0.459 e. The average Bonchev–Trinajstić information content (AvgIpc) is 3.58. The summed E-state index contributed by atoms with van der Waals surface area (Å²) in [7, 11) is 0. The minimum Gasteiger partial charge on any atom is -0.459 e. The van der Waals surface area contributed by atoms with Gasteiger partial charge < -0.3 is 4.42 Å². The molecule has 0 saturated carbocycles. The fraction of sp³-hybridized carbons (Fsp3) is 0.111. The quantitative estimate of drug-likeness (QED) is 0.288. The van der Waals surface area contributed by atoms with Crippen LogP contribution >= 0.6 is 23.2 Å². The van der Waals surface area contributed by atoms with Crippen LogP contribution in [-0.4, -0.2) is 17.9 Å². The fourth-order valence-electron chi connectivity index (χ4n) is 4.66. The van der Waals surface area contributed by atoms with Crippen LogP contribution in [0.25, 0.3) is 11.3 Å². The molecule has 2 amide bonds. The molecule has 0 spiro atoms. The summed E-state index contributed by atoms with van der Waals surface area (Å²) in [6, 6.07) is 22.3. The van der Waals surface area contributed by atoms with E-state index in [4.69, 9.17) is 32.5 Å². The molecule has 2 fully saturated rings. The predicted octanol–water partition coefficient (Wildman–Crippen LogP) is 6.44. The molecule has 3 heterocycles. The van der Waals surface area contributed by atoms with Gasteiger partial charge in [-0.15, -0.1) is 0 Å². The van der Waals surface area contributed by atoms with Crippen molar-refractivity contribution < 1.29 is 23.2 Å². The molecule has 0 aliphatic carbocycles. The molecule has 0 bridgehead atoms. The van der Waals surface area contributed by atoms with Crippen LogP contribution in [0.15, 0.2) is 89.3 Å². The van der Waals surface area contributed by atoms with Crippen molar-refractivity contribution in [1.29, 1.82) is 0 Å². The third-order valence-corrected chi connectivity index (χ3v) is 7.07. The van der Waals surface area contributed by atoms with Gasteiger partial charge in [0.15, 0.2) is 6.10 Å². The molecule has 0 radical (unpaired) electrons. The maximum Gasteiger partial charge on any atom is 0.266 e. The summed E-state index contributed by atoms with van der Waals surface area (Å²) in [5.74, 6) is -1.35. The van der Waals surface area contributed by atoms with Gasteiger partial charge in [-0.1, -0.05) is 41.4 Å². The van der Waals surface area contributed by atoms with Crippen molar-refractivity contribution in [2.75, 3.05) is 9.96 Å². The molecule has 6 rings (SSSR count). The van der Waals surface area contributed by atoms with E-state index >= 15 is 0 Å². The van der Waals surface area contributed by atoms with E-state index in [2.05, 4.69) is 0 Å². The number of hydroxylamine groups is 1. The average molecular weight is 523 g/mol. The molecule has 36 heavy (non-hydrogen) atoms. The Morgan fingerprint density at radius 2 is 1.53 bits per heavy atom. The maximum absolute atomic E-state index is 13.6. The molecule has 2 aliphatic heterocycles. The fourth-order valence-corrected chi connectivity index (χ4v) is 4.96. The molecule has 1 aromatic heterocycles. The first kappa shape index (κ1) is 22.8. The topological polar surface area (TPSA) is 63.0 Å². The van der Waals surface area contributed by atoms with Crippen LogP contribution < -0.4 is 9.96 Å². The van der Waals surface area contributed by atoms with Crippen molar-refractivity contribution in [3.63, 3.8) is 0 Å². The van der Waals surface area contributed by atoms with Crippen molar-refractivity contribution in [3.8, 4) is 11.3 Å². The highest BCUT2D eigenvalue weighted by Gasteiger charge is 2.61. The van der Waals surface area contributed by atoms with Crippen LogP contribution in [0.3, 0.4) is 0 Å². The van der Waals surface area contributed by atoms with Crippen LogP contribution in [0.2, 0.25) is 10.0 Å². The Labute approximate surface area is 215 Å². The van der Waals surface area contributed by atoms with E-state index < -0.39 is 35.7 Å². The Morgan fingerprint density at radius 3 is 2.25 bits per heavy atom. The van der Waals surface area contributed by atoms with Gasteiger partial charge in [0, 0.05) is 5.56 Å². The van der Waals surface area contributed by atoms with Gasteiger partial charge in [0.1, 0.15) is 29.3 Å². The first-order valence-electron chi connectivity index (χ1n) is 11.1. The van der Waals surface area contributed by atoms with Crippen molar-refractivity contribution in [1.82, 2.24) is 0 Å². The second kappa shape index (κ2) is 8.78. The molecule has 0 N–H and O–H groups in total. The zero-order valence-corrected chi connectivity index (χ0v) is 20.0. The third kappa shape index (κ3) is 3.67. The van der Waals surface area contributed by atoms with Gasteiger partial charge in [0.25, 0.3) is 5.91 Å². The second-order valence-corrected chi connectivity index (χ2v) is 9.29. The van der Waals surface area contributed by atoms with E-state index in [0.717, 1.165) is 4.90 Å². The molecule has 180 valence electrons. The van der Waals surface area contributed by atoms with Crippen molar-refractivity contribution >= 4 is 46.4 Å². The number of imide groups is 1. The van der Waals surface area contributed by atoms with Crippen LogP contribution in [0.5, 0.6) is 0 Å². The molecule has 0 unspecified atom stereocenters. The number of amides is 2. The van der Waals surface area contributed by atoms with Gasteiger partial charge in [-0.25, -0.2) is 14.4 Å². The number of fused-ring (bicyclic) bond motifs is 1. The van der Waals surface area contributed by atoms with Gasteiger partial charge in [-0.05, 0) is 66.7 Å². The SMILES string of the molecule is O=C1[C@@H]2[C@H](ON(c3ccccc3)[C@H]2c2ccc(-c3ccc(Cl)c(Cl)c3)o2)C(=O)N1c1ccc(F)cc1. The number of halogens is 3. The third-order valence-electron chi connectivity index (χ3n) is 6.33. The van der Waals surface area contributed by atoms with Gasteiger partial charge in [0.05, 0.1) is 21.4 Å². The van der Waals surface area contributed by atoms with E-state index in [1.807, 2.05) is 30.3 Å². The molecule has 9 heteroatoms. The second-order valence-electron chi connectivity index (χ2n) is 8.48. The van der Waals surface area contributed by atoms with Crippen LogP contribution in [0, 0.1) is 11.7 Å². The summed E-state index contributed by atoms with van der Waals surface area (Å²) in [6.45, 7) is 0. The highest BCUT2D eigenvalue weighted by molar-refractivity contribution is 6.42. The number of hydrogen-bond acceptors (Lipinski definition) is 5. The lowest BCUT2D eigenvalue weighted by atomic mass is 9.94. The summed E-state index contributed by atoms with van der Waals surface area (Å²) in [4.78, 5) is 34.1. The van der Waals surface area contributed by atoms with Gasteiger partial charge in [-0.3, -0.25) is 14.4 Å².